The van der Waals surface area contributed by atoms with Gasteiger partial charge < -0.3 is 4.57 Å². The molecule has 0 radical (unpaired) electrons. The summed E-state index contributed by atoms with van der Waals surface area (Å²) >= 11 is 0. The number of fused-ring (bicyclic) bond motifs is 10. The third kappa shape index (κ3) is 3.43. The van der Waals surface area contributed by atoms with Gasteiger partial charge in [0.05, 0.1) is 0 Å². The predicted octanol–water partition coefficient (Wildman–Crippen LogP) is 10.2. The highest BCUT2D eigenvalue weighted by Gasteiger charge is 2.24. The smallest absolute Gasteiger partial charge is 0.0497 e. The van der Waals surface area contributed by atoms with Crippen LogP contribution in [0, 0.1) is 0 Å². The largest absolute Gasteiger partial charge is 0.336 e. The van der Waals surface area contributed by atoms with E-state index in [2.05, 4.69) is 133 Å². The fourth-order valence-corrected chi connectivity index (χ4v) is 7.77. The van der Waals surface area contributed by atoms with Crippen molar-refractivity contribution >= 4 is 21.8 Å². The number of nitrogens with zero attached hydrogens (tertiary/aromatic N) is 1. The summed E-state index contributed by atoms with van der Waals surface area (Å²) < 4.78 is 2.55. The molecule has 6 aromatic carbocycles. The minimum absolute atomic E-state index is 0.853. The molecular weight excluding hydrogens is 506 g/mol. The normalized spacial score (nSPS) is 12.9. The highest BCUT2D eigenvalue weighted by molar-refractivity contribution is 6.12. The van der Waals surface area contributed by atoms with Crippen molar-refractivity contribution in [3.8, 4) is 33.4 Å². The van der Waals surface area contributed by atoms with Gasteiger partial charge in [0.1, 0.15) is 0 Å². The number of benzene rings is 6. The quantitative estimate of drug-likeness (QED) is 0.210. The molecule has 0 saturated heterocycles. The number of aromatic nitrogens is 1. The zero-order valence-electron chi connectivity index (χ0n) is 23.8. The Bertz CT molecular complexity index is 2210. The van der Waals surface area contributed by atoms with Crippen LogP contribution in [0.4, 0.5) is 0 Å². The Kier molecular flexibility index (Phi) is 5.13. The molecule has 0 fully saturated rings. The second kappa shape index (κ2) is 9.06. The zero-order chi connectivity index (χ0) is 27.8. The molecule has 2 aliphatic rings. The summed E-state index contributed by atoms with van der Waals surface area (Å²) in [6.07, 6.45) is 3.04. The van der Waals surface area contributed by atoms with Crippen molar-refractivity contribution in [2.24, 2.45) is 0 Å². The molecule has 0 bridgehead atoms. The van der Waals surface area contributed by atoms with Gasteiger partial charge in [0.15, 0.2) is 0 Å². The number of aryl methyl sites for hydroxylation is 1. The summed E-state index contributed by atoms with van der Waals surface area (Å²) in [6.45, 7) is 3.13. The van der Waals surface area contributed by atoms with Gasteiger partial charge in [-0.3, -0.25) is 0 Å². The molecule has 0 unspecified atom stereocenters. The van der Waals surface area contributed by atoms with Gasteiger partial charge in [-0.15, -0.1) is 0 Å². The van der Waals surface area contributed by atoms with Crippen molar-refractivity contribution in [2.75, 3.05) is 0 Å². The molecule has 0 amide bonds. The van der Waals surface area contributed by atoms with Gasteiger partial charge in [0.2, 0.25) is 0 Å². The minimum Gasteiger partial charge on any atom is -0.336 e. The van der Waals surface area contributed by atoms with Crippen molar-refractivity contribution in [3.63, 3.8) is 0 Å². The van der Waals surface area contributed by atoms with Crippen molar-refractivity contribution in [3.05, 3.63) is 155 Å². The molecule has 0 N–H and O–H groups in total. The van der Waals surface area contributed by atoms with Gasteiger partial charge in [-0.05, 0) is 104 Å². The number of hydrogen-bond donors (Lipinski definition) is 0. The second-order valence-electron chi connectivity index (χ2n) is 12.0. The van der Waals surface area contributed by atoms with E-state index in [1.165, 1.54) is 88.6 Å². The van der Waals surface area contributed by atoms with Crippen LogP contribution in [-0.2, 0) is 25.8 Å². The van der Waals surface area contributed by atoms with Crippen LogP contribution in [0.1, 0.15) is 40.3 Å². The zero-order valence-corrected chi connectivity index (χ0v) is 23.8. The first-order chi connectivity index (χ1) is 20.8. The van der Waals surface area contributed by atoms with Gasteiger partial charge in [-0.1, -0.05) is 110 Å². The van der Waals surface area contributed by atoms with E-state index in [0.29, 0.717) is 0 Å². The molecule has 9 rings (SSSR count). The van der Waals surface area contributed by atoms with Crippen LogP contribution < -0.4 is 0 Å². The van der Waals surface area contributed by atoms with Crippen LogP contribution in [-0.4, -0.2) is 4.57 Å². The van der Waals surface area contributed by atoms with Gasteiger partial charge in [-0.25, -0.2) is 0 Å². The Morgan fingerprint density at radius 3 is 1.98 bits per heavy atom. The monoisotopic (exact) mass is 537 g/mol. The maximum atomic E-state index is 2.55. The molecule has 7 aromatic rings. The number of para-hydroxylation sites is 1. The van der Waals surface area contributed by atoms with E-state index in [-0.39, 0.29) is 0 Å². The van der Waals surface area contributed by atoms with Crippen LogP contribution >= 0.6 is 0 Å². The van der Waals surface area contributed by atoms with Crippen LogP contribution in [0.25, 0.3) is 55.2 Å². The summed E-state index contributed by atoms with van der Waals surface area (Å²) in [4.78, 5) is 0. The molecule has 0 atom stereocenters. The molecule has 0 saturated carbocycles. The van der Waals surface area contributed by atoms with Crippen molar-refractivity contribution < 1.29 is 0 Å². The first-order valence-corrected chi connectivity index (χ1v) is 15.2. The Balaban J connectivity index is 1.20. The van der Waals surface area contributed by atoms with Crippen LogP contribution in [0.15, 0.2) is 121 Å². The van der Waals surface area contributed by atoms with Crippen LogP contribution in [0.5, 0.6) is 0 Å². The maximum absolute atomic E-state index is 2.55. The third-order valence-corrected chi connectivity index (χ3v) is 9.68. The Morgan fingerprint density at radius 2 is 1.17 bits per heavy atom. The SMILES string of the molecule is CCc1cc(Cn2c3ccccc3c3c4c(ccc32)-c2ccccc2C4)cc(-c2cccc3c2Cc2ccccc2-3)c1. The van der Waals surface area contributed by atoms with E-state index >= 15 is 0 Å². The Morgan fingerprint density at radius 1 is 0.524 bits per heavy atom. The molecule has 1 heterocycles. The van der Waals surface area contributed by atoms with Crippen LogP contribution in [0.2, 0.25) is 0 Å². The molecule has 0 aliphatic heterocycles. The predicted molar refractivity (Wildman–Crippen MR) is 176 cm³/mol. The molecule has 0 spiro atoms. The fraction of sp³-hybridized carbons (Fsp3) is 0.122. The van der Waals surface area contributed by atoms with Crippen LogP contribution in [0.3, 0.4) is 0 Å². The summed E-state index contributed by atoms with van der Waals surface area (Å²) in [5, 5.41) is 2.78. The third-order valence-electron chi connectivity index (χ3n) is 9.68. The Labute approximate surface area is 246 Å². The highest BCUT2D eigenvalue weighted by atomic mass is 15.0. The summed E-state index contributed by atoms with van der Waals surface area (Å²) in [5.41, 5.74) is 19.5. The molecule has 1 nitrogen and oxygen atoms in total. The van der Waals surface area contributed by atoms with Crippen molar-refractivity contribution in [1.29, 1.82) is 0 Å². The minimum atomic E-state index is 0.853. The summed E-state index contributed by atoms with van der Waals surface area (Å²) in [6, 6.07) is 45.6. The number of hydrogen-bond acceptors (Lipinski definition) is 0. The van der Waals surface area contributed by atoms with Gasteiger partial charge in [-0.2, -0.15) is 0 Å². The van der Waals surface area contributed by atoms with Gasteiger partial charge in [0, 0.05) is 28.4 Å². The summed E-state index contributed by atoms with van der Waals surface area (Å²) in [7, 11) is 0. The maximum Gasteiger partial charge on any atom is 0.0497 e. The molecule has 1 heteroatoms. The van der Waals surface area contributed by atoms with E-state index in [1.807, 2.05) is 0 Å². The number of rotatable bonds is 4. The Hall–Kier alpha value is -4.88. The first kappa shape index (κ1) is 23.8. The topological polar surface area (TPSA) is 4.93 Å². The highest BCUT2D eigenvalue weighted by Crippen LogP contribution is 2.45. The lowest BCUT2D eigenvalue weighted by molar-refractivity contribution is 0.866. The van der Waals surface area contributed by atoms with E-state index in [1.54, 1.807) is 0 Å². The average Bonchev–Trinajstić information content (AvgIpc) is 3.71. The van der Waals surface area contributed by atoms with E-state index in [4.69, 9.17) is 0 Å². The van der Waals surface area contributed by atoms with Gasteiger partial charge in [0.25, 0.3) is 0 Å². The standard InChI is InChI=1S/C41H31N/c1-2-26-20-27(22-30(21-26)33-15-9-16-34-31-12-5-3-10-28(31)23-37(33)34)25-42-39-17-8-7-14-36(39)41-38-24-29-11-4-6-13-32(29)35(38)18-19-40(41)42/h3-22H,2,23-25H2,1H3. The van der Waals surface area contributed by atoms with E-state index in [9.17, 15) is 0 Å². The van der Waals surface area contributed by atoms with E-state index in [0.717, 1.165) is 25.8 Å². The lowest BCUT2D eigenvalue weighted by Gasteiger charge is -2.15. The molecule has 1 aromatic heterocycles. The molecule has 42 heavy (non-hydrogen) atoms. The lowest BCUT2D eigenvalue weighted by Crippen LogP contribution is -2.01. The second-order valence-corrected chi connectivity index (χ2v) is 12.0. The molecule has 200 valence electrons. The lowest BCUT2D eigenvalue weighted by atomic mass is 9.92. The average molecular weight is 538 g/mol. The molecule has 2 aliphatic carbocycles. The fourth-order valence-electron chi connectivity index (χ4n) is 7.77. The van der Waals surface area contributed by atoms with Gasteiger partial charge >= 0.3 is 0 Å². The summed E-state index contributed by atoms with van der Waals surface area (Å²) in [5.74, 6) is 0. The first-order valence-electron chi connectivity index (χ1n) is 15.2. The molecular formula is C41H31N. The van der Waals surface area contributed by atoms with E-state index < -0.39 is 0 Å². The van der Waals surface area contributed by atoms with Crippen molar-refractivity contribution in [2.45, 2.75) is 32.7 Å². The van der Waals surface area contributed by atoms with Crippen molar-refractivity contribution in [1.82, 2.24) is 4.57 Å².